The van der Waals surface area contributed by atoms with E-state index in [2.05, 4.69) is 24.1 Å². The Labute approximate surface area is 242 Å². The number of thiophene rings is 1. The van der Waals surface area contributed by atoms with E-state index in [0.717, 1.165) is 48.7 Å². The Kier molecular flexibility index (Phi) is 11.8. The Morgan fingerprint density at radius 2 is 1.68 bits per heavy atom. The Morgan fingerprint density at radius 3 is 2.42 bits per heavy atom. The number of aromatic nitrogens is 2. The summed E-state index contributed by atoms with van der Waals surface area (Å²) in [6.45, 7) is 6.43. The van der Waals surface area contributed by atoms with Gasteiger partial charge in [-0.1, -0.05) is 12.5 Å². The minimum absolute atomic E-state index is 0.00386. The van der Waals surface area contributed by atoms with Gasteiger partial charge >= 0.3 is 5.97 Å². The van der Waals surface area contributed by atoms with E-state index in [9.17, 15) is 22.8 Å². The van der Waals surface area contributed by atoms with Gasteiger partial charge in [-0.3, -0.25) is 14.3 Å². The second kappa shape index (κ2) is 15.1. The molecule has 0 unspecified atom stereocenters. The Bertz CT molecular complexity index is 1430. The van der Waals surface area contributed by atoms with Gasteiger partial charge < -0.3 is 15.4 Å². The van der Waals surface area contributed by atoms with Crippen LogP contribution in [0.4, 0.5) is 5.00 Å². The zero-order valence-corrected chi connectivity index (χ0v) is 25.3. The maximum absolute atomic E-state index is 13.2. The number of hydrogen-bond donors (Lipinski definition) is 3. The van der Waals surface area contributed by atoms with Crippen LogP contribution < -0.4 is 15.4 Å². The van der Waals surface area contributed by atoms with Gasteiger partial charge in [-0.2, -0.15) is 8.75 Å². The zero-order chi connectivity index (χ0) is 29.1. The summed E-state index contributed by atoms with van der Waals surface area (Å²) in [5.74, 6) is -0.623. The van der Waals surface area contributed by atoms with E-state index >= 15 is 0 Å². The monoisotopic (exact) mass is 609 g/mol. The van der Waals surface area contributed by atoms with Crippen LogP contribution >= 0.6 is 23.1 Å². The standard InChI is InChI=1S/C26H35N5O6S3/c1-17-18(2)38-25(31-40(35,36)21-12-10-11-20-24(21)30-39-29-20)23(17)26(34)37-16-9-5-8-15-28-22(33)13-6-4-7-14-27-19(3)32/h10-12,31H,4-9,13-16H2,1-3H3,(H,27,32)(H,28,33). The van der Waals surface area contributed by atoms with E-state index in [-0.39, 0.29) is 39.4 Å². The van der Waals surface area contributed by atoms with Crippen molar-refractivity contribution in [1.29, 1.82) is 0 Å². The van der Waals surface area contributed by atoms with Crippen molar-refractivity contribution in [3.05, 3.63) is 34.2 Å². The average Bonchev–Trinajstić information content (AvgIpc) is 3.48. The summed E-state index contributed by atoms with van der Waals surface area (Å²) in [6.07, 6.45) is 5.10. The van der Waals surface area contributed by atoms with Crippen LogP contribution in [0, 0.1) is 13.8 Å². The number of fused-ring (bicyclic) bond motifs is 1. The fourth-order valence-electron chi connectivity index (χ4n) is 3.93. The van der Waals surface area contributed by atoms with Gasteiger partial charge in [0, 0.05) is 31.3 Å². The number of anilines is 1. The number of carbonyl (C=O) groups excluding carboxylic acids is 3. The van der Waals surface area contributed by atoms with Gasteiger partial charge in [0.25, 0.3) is 10.0 Å². The molecule has 0 aliphatic heterocycles. The van der Waals surface area contributed by atoms with Crippen molar-refractivity contribution < 1.29 is 27.5 Å². The zero-order valence-electron chi connectivity index (χ0n) is 22.9. The number of ether oxygens (including phenoxy) is 1. The molecule has 0 radical (unpaired) electrons. The molecule has 40 heavy (non-hydrogen) atoms. The van der Waals surface area contributed by atoms with Crippen LogP contribution in [0.2, 0.25) is 0 Å². The summed E-state index contributed by atoms with van der Waals surface area (Å²) in [4.78, 5) is 36.5. The molecule has 11 nitrogen and oxygen atoms in total. The highest BCUT2D eigenvalue weighted by Gasteiger charge is 2.26. The molecular formula is C26H35N5O6S3. The van der Waals surface area contributed by atoms with Crippen LogP contribution in [0.15, 0.2) is 23.1 Å². The molecule has 218 valence electrons. The van der Waals surface area contributed by atoms with Crippen molar-refractivity contribution in [2.24, 2.45) is 0 Å². The predicted molar refractivity (Wildman–Crippen MR) is 156 cm³/mol. The Balaban J connectivity index is 1.41. The first kappa shape index (κ1) is 31.4. The molecule has 0 atom stereocenters. The van der Waals surface area contributed by atoms with Crippen molar-refractivity contribution >= 4 is 66.9 Å². The SMILES string of the molecule is CC(=O)NCCCCCC(=O)NCCCCCOC(=O)c1c(NS(=O)(=O)c2cccc3nsnc23)sc(C)c1C. The van der Waals surface area contributed by atoms with Gasteiger partial charge in [0.1, 0.15) is 20.9 Å². The molecule has 0 aliphatic rings. The molecule has 2 heterocycles. The van der Waals surface area contributed by atoms with Crippen LogP contribution in [-0.2, 0) is 24.3 Å². The summed E-state index contributed by atoms with van der Waals surface area (Å²) in [5, 5.41) is 5.83. The lowest BCUT2D eigenvalue weighted by molar-refractivity contribution is -0.121. The summed E-state index contributed by atoms with van der Waals surface area (Å²) in [5.41, 5.74) is 1.64. The minimum atomic E-state index is -4.02. The highest BCUT2D eigenvalue weighted by Crippen LogP contribution is 2.35. The van der Waals surface area contributed by atoms with E-state index in [1.807, 2.05) is 6.92 Å². The molecule has 2 aromatic heterocycles. The molecule has 3 rings (SSSR count). The molecular weight excluding hydrogens is 575 g/mol. The first-order valence-electron chi connectivity index (χ1n) is 13.1. The van der Waals surface area contributed by atoms with Crippen LogP contribution in [0.5, 0.6) is 0 Å². The number of benzene rings is 1. The first-order chi connectivity index (χ1) is 19.1. The van der Waals surface area contributed by atoms with Crippen LogP contribution in [-0.4, -0.2) is 54.6 Å². The fraction of sp³-hybridized carbons (Fsp3) is 0.500. The van der Waals surface area contributed by atoms with Crippen molar-refractivity contribution in [3.8, 4) is 0 Å². The number of nitrogens with zero attached hydrogens (tertiary/aromatic N) is 2. The van der Waals surface area contributed by atoms with Gasteiger partial charge in [0.05, 0.1) is 23.9 Å². The van der Waals surface area contributed by atoms with E-state index in [0.29, 0.717) is 37.0 Å². The number of hydrogen-bond acceptors (Lipinski definition) is 10. The summed E-state index contributed by atoms with van der Waals surface area (Å²) < 4.78 is 42.6. The van der Waals surface area contributed by atoms with Gasteiger partial charge in [0.15, 0.2) is 0 Å². The summed E-state index contributed by atoms with van der Waals surface area (Å²) in [6, 6.07) is 4.74. The maximum atomic E-state index is 13.2. The second-order valence-electron chi connectivity index (χ2n) is 9.32. The minimum Gasteiger partial charge on any atom is -0.462 e. The van der Waals surface area contributed by atoms with Crippen LogP contribution in [0.25, 0.3) is 11.0 Å². The predicted octanol–water partition coefficient (Wildman–Crippen LogP) is 4.31. The molecule has 0 saturated heterocycles. The maximum Gasteiger partial charge on any atom is 0.341 e. The Morgan fingerprint density at radius 1 is 0.950 bits per heavy atom. The molecule has 2 amide bonds. The number of carbonyl (C=O) groups is 3. The first-order valence-corrected chi connectivity index (χ1v) is 16.2. The van der Waals surface area contributed by atoms with Gasteiger partial charge in [-0.05, 0) is 63.6 Å². The fourth-order valence-corrected chi connectivity index (χ4v) is 7.05. The quantitative estimate of drug-likeness (QED) is 0.160. The number of nitrogens with one attached hydrogen (secondary N) is 3. The molecule has 3 N–H and O–H groups in total. The number of aryl methyl sites for hydroxylation is 1. The number of amides is 2. The molecule has 0 aliphatic carbocycles. The van der Waals surface area contributed by atoms with Crippen molar-refractivity contribution in [2.75, 3.05) is 24.4 Å². The molecule has 0 fully saturated rings. The third-order valence-corrected chi connectivity index (χ3v) is 9.36. The van der Waals surface area contributed by atoms with Gasteiger partial charge in [0.2, 0.25) is 11.8 Å². The lowest BCUT2D eigenvalue weighted by Gasteiger charge is -2.10. The molecule has 0 saturated carbocycles. The van der Waals surface area contributed by atoms with E-state index in [1.54, 1.807) is 19.1 Å². The van der Waals surface area contributed by atoms with Crippen molar-refractivity contribution in [2.45, 2.75) is 70.6 Å². The molecule has 3 aromatic rings. The normalized spacial score (nSPS) is 11.4. The van der Waals surface area contributed by atoms with Crippen LogP contribution in [0.3, 0.4) is 0 Å². The third kappa shape index (κ3) is 8.96. The van der Waals surface area contributed by atoms with Gasteiger partial charge in [-0.25, -0.2) is 13.2 Å². The van der Waals surface area contributed by atoms with E-state index in [4.69, 9.17) is 4.74 Å². The highest BCUT2D eigenvalue weighted by molar-refractivity contribution is 7.93. The smallest absolute Gasteiger partial charge is 0.341 e. The molecule has 14 heteroatoms. The number of sulfonamides is 1. The number of rotatable bonds is 16. The molecule has 0 spiro atoms. The largest absolute Gasteiger partial charge is 0.462 e. The van der Waals surface area contributed by atoms with E-state index < -0.39 is 16.0 Å². The number of esters is 1. The second-order valence-corrected chi connectivity index (χ2v) is 12.7. The van der Waals surface area contributed by atoms with Crippen molar-refractivity contribution in [3.63, 3.8) is 0 Å². The molecule has 1 aromatic carbocycles. The highest BCUT2D eigenvalue weighted by atomic mass is 32.2. The average molecular weight is 610 g/mol. The van der Waals surface area contributed by atoms with Crippen molar-refractivity contribution in [1.82, 2.24) is 19.4 Å². The summed E-state index contributed by atoms with van der Waals surface area (Å²) in [7, 11) is -4.02. The van der Waals surface area contributed by atoms with Gasteiger partial charge in [-0.15, -0.1) is 11.3 Å². The lowest BCUT2D eigenvalue weighted by atomic mass is 10.1. The number of unbranched alkanes of at least 4 members (excludes halogenated alkanes) is 4. The van der Waals surface area contributed by atoms with E-state index in [1.165, 1.54) is 24.3 Å². The molecule has 0 bridgehead atoms. The third-order valence-electron chi connectivity index (χ3n) is 6.19. The topological polar surface area (TPSA) is 156 Å². The lowest BCUT2D eigenvalue weighted by Crippen LogP contribution is -2.24. The summed E-state index contributed by atoms with van der Waals surface area (Å²) >= 11 is 2.11. The van der Waals surface area contributed by atoms with Crippen LogP contribution in [0.1, 0.15) is 72.7 Å². The Hall–Kier alpha value is -3.10.